The first-order valence-electron chi connectivity index (χ1n) is 9.33. The number of nitrogens with zero attached hydrogens (tertiary/aromatic N) is 5. The summed E-state index contributed by atoms with van der Waals surface area (Å²) in [5.74, 6) is 0.163. The second-order valence-electron chi connectivity index (χ2n) is 6.68. The van der Waals surface area contributed by atoms with Crippen molar-refractivity contribution < 1.29 is 4.42 Å². The van der Waals surface area contributed by atoms with Crippen LogP contribution in [-0.2, 0) is 13.2 Å². The van der Waals surface area contributed by atoms with E-state index < -0.39 is 0 Å². The van der Waals surface area contributed by atoms with Gasteiger partial charge in [0.05, 0.1) is 17.0 Å². The first kappa shape index (κ1) is 19.5. The van der Waals surface area contributed by atoms with E-state index in [1.807, 2.05) is 24.5 Å². The van der Waals surface area contributed by atoms with Crippen LogP contribution in [0.5, 0.6) is 0 Å². The molecule has 4 rings (SSSR count). The fourth-order valence-corrected chi connectivity index (χ4v) is 3.28. The maximum Gasteiger partial charge on any atom is 0.289 e. The molecule has 3 aromatic heterocycles. The van der Waals surface area contributed by atoms with Crippen molar-refractivity contribution >= 4 is 28.9 Å². The summed E-state index contributed by atoms with van der Waals surface area (Å²) in [7, 11) is 0. The molecular weight excluding hydrogens is 400 g/mol. The minimum atomic E-state index is -0.203. The van der Waals surface area contributed by atoms with Crippen molar-refractivity contribution in [1.82, 2.24) is 19.3 Å². The van der Waals surface area contributed by atoms with Crippen molar-refractivity contribution in [3.63, 3.8) is 0 Å². The Labute approximate surface area is 177 Å². The van der Waals surface area contributed by atoms with E-state index in [4.69, 9.17) is 21.9 Å². The maximum absolute atomic E-state index is 13.0. The number of fused-ring (bicyclic) bond motifs is 1. The summed E-state index contributed by atoms with van der Waals surface area (Å²) in [5.41, 5.74) is 2.98. The number of anilines is 1. The van der Waals surface area contributed by atoms with Gasteiger partial charge in [-0.25, -0.2) is 9.67 Å². The average molecular weight is 418 g/mol. The Morgan fingerprint density at radius 1 is 1.23 bits per heavy atom. The molecule has 0 amide bonds. The highest BCUT2D eigenvalue weighted by Gasteiger charge is 2.17. The first-order valence-corrected chi connectivity index (χ1v) is 9.74. The minimum Gasteiger partial charge on any atom is -0.409 e. The van der Waals surface area contributed by atoms with Crippen molar-refractivity contribution in [2.75, 3.05) is 5.32 Å². The smallest absolute Gasteiger partial charge is 0.289 e. The number of pyridine rings is 2. The number of benzene rings is 1. The highest BCUT2D eigenvalue weighted by Crippen LogP contribution is 2.19. The highest BCUT2D eigenvalue weighted by molar-refractivity contribution is 7.71. The van der Waals surface area contributed by atoms with E-state index >= 15 is 0 Å². The Balaban J connectivity index is 1.68. The molecule has 1 aromatic carbocycles. The topological polar surface area (TPSA) is 102 Å². The third kappa shape index (κ3) is 3.60. The minimum absolute atomic E-state index is 0.149. The van der Waals surface area contributed by atoms with Gasteiger partial charge in [0.1, 0.15) is 17.9 Å². The number of hydrogen-bond acceptors (Lipinski definition) is 7. The largest absolute Gasteiger partial charge is 0.409 e. The fourth-order valence-electron chi connectivity index (χ4n) is 3.10. The molecule has 0 spiro atoms. The predicted octanol–water partition coefficient (Wildman–Crippen LogP) is 3.85. The van der Waals surface area contributed by atoms with Crippen molar-refractivity contribution in [2.24, 2.45) is 0 Å². The van der Waals surface area contributed by atoms with Gasteiger partial charge in [0.25, 0.3) is 10.7 Å². The molecule has 30 heavy (non-hydrogen) atoms. The van der Waals surface area contributed by atoms with Crippen LogP contribution in [-0.4, -0.2) is 19.3 Å². The van der Waals surface area contributed by atoms with E-state index in [2.05, 4.69) is 21.5 Å². The SMILES string of the molecule is CCn1cc(-c2nn(CNc3ccc(C#N)cc3)c(=S)o2)c(=O)c2ccc(C)nc21. The number of nitriles is 1. The van der Waals surface area contributed by atoms with Gasteiger partial charge >= 0.3 is 0 Å². The van der Waals surface area contributed by atoms with Gasteiger partial charge in [0.2, 0.25) is 5.43 Å². The number of aryl methyl sites for hydroxylation is 2. The van der Waals surface area contributed by atoms with Crippen molar-refractivity contribution in [1.29, 1.82) is 5.26 Å². The molecule has 150 valence electrons. The Bertz CT molecular complexity index is 1390. The van der Waals surface area contributed by atoms with Gasteiger partial charge in [0, 0.05) is 24.1 Å². The van der Waals surface area contributed by atoms with Crippen LogP contribution in [0.1, 0.15) is 18.2 Å². The van der Waals surface area contributed by atoms with Crippen LogP contribution in [0.25, 0.3) is 22.5 Å². The second-order valence-corrected chi connectivity index (χ2v) is 7.03. The first-order chi connectivity index (χ1) is 14.5. The van der Waals surface area contributed by atoms with Gasteiger partial charge < -0.3 is 14.3 Å². The van der Waals surface area contributed by atoms with Crippen molar-refractivity contribution in [3.8, 4) is 17.5 Å². The maximum atomic E-state index is 13.0. The van der Waals surface area contributed by atoms with Gasteiger partial charge in [-0.1, -0.05) is 0 Å². The molecule has 0 radical (unpaired) electrons. The zero-order chi connectivity index (χ0) is 21.3. The van der Waals surface area contributed by atoms with Crippen LogP contribution in [0.2, 0.25) is 0 Å². The number of hydrogen-bond donors (Lipinski definition) is 1. The van der Waals surface area contributed by atoms with E-state index in [0.29, 0.717) is 28.7 Å². The van der Waals surface area contributed by atoms with Crippen LogP contribution in [0, 0.1) is 23.1 Å². The summed E-state index contributed by atoms with van der Waals surface area (Å²) in [6.45, 7) is 4.76. The molecular formula is C21H18N6O2S. The predicted molar refractivity (Wildman–Crippen MR) is 116 cm³/mol. The summed E-state index contributed by atoms with van der Waals surface area (Å²) in [6, 6.07) is 12.7. The van der Waals surface area contributed by atoms with Gasteiger partial charge in [-0.2, -0.15) is 5.26 Å². The van der Waals surface area contributed by atoms with E-state index in [9.17, 15) is 4.79 Å². The molecule has 9 heteroatoms. The van der Waals surface area contributed by atoms with Gasteiger partial charge in [0.15, 0.2) is 0 Å². The normalized spacial score (nSPS) is 10.8. The van der Waals surface area contributed by atoms with Crippen LogP contribution in [0.4, 0.5) is 5.69 Å². The average Bonchev–Trinajstić information content (AvgIpc) is 3.13. The fraction of sp³-hybridized carbons (Fsp3) is 0.190. The Kier molecular flexibility index (Phi) is 5.16. The van der Waals surface area contributed by atoms with E-state index in [-0.39, 0.29) is 22.8 Å². The van der Waals surface area contributed by atoms with E-state index in [1.54, 1.807) is 36.5 Å². The monoisotopic (exact) mass is 418 g/mol. The van der Waals surface area contributed by atoms with Gasteiger partial charge in [-0.3, -0.25) is 4.79 Å². The van der Waals surface area contributed by atoms with Crippen LogP contribution >= 0.6 is 12.2 Å². The number of rotatable bonds is 5. The molecule has 0 fully saturated rings. The Hall–Kier alpha value is -3.77. The third-order valence-electron chi connectivity index (χ3n) is 4.68. The summed E-state index contributed by atoms with van der Waals surface area (Å²) in [5, 5.41) is 16.9. The standard InChI is InChI=1S/C21H18N6O2S/c1-3-26-11-17(18(28)16-9-4-13(2)24-19(16)26)20-25-27(21(30)29-20)12-23-15-7-5-14(10-22)6-8-15/h4-9,11,23H,3,12H2,1-2H3. The zero-order valence-corrected chi connectivity index (χ0v) is 17.2. The summed E-state index contributed by atoms with van der Waals surface area (Å²) in [4.78, 5) is 17.7. The lowest BCUT2D eigenvalue weighted by atomic mass is 10.2. The molecule has 0 aliphatic heterocycles. The highest BCUT2D eigenvalue weighted by atomic mass is 32.1. The number of aromatic nitrogens is 4. The van der Waals surface area contributed by atoms with Crippen LogP contribution in [0.3, 0.4) is 0 Å². The molecule has 0 bridgehead atoms. The molecule has 0 aliphatic rings. The van der Waals surface area contributed by atoms with E-state index in [0.717, 1.165) is 11.4 Å². The molecule has 3 heterocycles. The molecule has 1 N–H and O–H groups in total. The lowest BCUT2D eigenvalue weighted by molar-refractivity contribution is 0.522. The molecule has 0 saturated carbocycles. The summed E-state index contributed by atoms with van der Waals surface area (Å²) < 4.78 is 8.99. The third-order valence-corrected chi connectivity index (χ3v) is 4.98. The molecule has 8 nitrogen and oxygen atoms in total. The Morgan fingerprint density at radius 2 is 2.00 bits per heavy atom. The summed E-state index contributed by atoms with van der Waals surface area (Å²) >= 11 is 5.27. The van der Waals surface area contributed by atoms with Gasteiger partial charge in [-0.15, -0.1) is 5.10 Å². The number of nitrogens with one attached hydrogen (secondary N) is 1. The van der Waals surface area contributed by atoms with Crippen LogP contribution in [0.15, 0.2) is 51.8 Å². The Morgan fingerprint density at radius 3 is 2.70 bits per heavy atom. The second kappa shape index (κ2) is 7.93. The van der Waals surface area contributed by atoms with Gasteiger partial charge in [-0.05, 0) is 62.5 Å². The quantitative estimate of drug-likeness (QED) is 0.491. The van der Waals surface area contributed by atoms with Crippen molar-refractivity contribution in [3.05, 3.63) is 68.9 Å². The lowest BCUT2D eigenvalue weighted by Crippen LogP contribution is -2.14. The molecule has 0 saturated heterocycles. The zero-order valence-electron chi connectivity index (χ0n) is 16.4. The molecule has 0 unspecified atom stereocenters. The molecule has 4 aromatic rings. The van der Waals surface area contributed by atoms with Crippen LogP contribution < -0.4 is 10.7 Å². The molecule has 0 aliphatic carbocycles. The summed E-state index contributed by atoms with van der Waals surface area (Å²) in [6.07, 6.45) is 1.70. The molecule has 0 atom stereocenters. The lowest BCUT2D eigenvalue weighted by Gasteiger charge is -2.09. The van der Waals surface area contributed by atoms with Crippen molar-refractivity contribution in [2.45, 2.75) is 27.1 Å². The van der Waals surface area contributed by atoms with E-state index in [1.165, 1.54) is 4.68 Å².